The Morgan fingerprint density at radius 1 is 1.30 bits per heavy atom. The second-order valence-corrected chi connectivity index (χ2v) is 5.10. The number of hydrogen-bond acceptors (Lipinski definition) is 2. The molecule has 0 spiro atoms. The van der Waals surface area contributed by atoms with Crippen LogP contribution in [-0.2, 0) is 6.18 Å². The van der Waals surface area contributed by atoms with E-state index in [2.05, 4.69) is 10.6 Å². The summed E-state index contributed by atoms with van der Waals surface area (Å²) in [5.74, 6) is -0.667. The summed E-state index contributed by atoms with van der Waals surface area (Å²) in [7, 11) is 0. The molecule has 1 heterocycles. The molecule has 110 valence electrons. The number of alkyl halides is 3. The Hall–Kier alpha value is -1.56. The highest BCUT2D eigenvalue weighted by molar-refractivity contribution is 5.96. The van der Waals surface area contributed by atoms with E-state index >= 15 is 0 Å². The molecule has 6 heteroatoms. The van der Waals surface area contributed by atoms with E-state index in [1.807, 2.05) is 6.92 Å². The summed E-state index contributed by atoms with van der Waals surface area (Å²) in [5.41, 5.74) is -1.21. The minimum Gasteiger partial charge on any atom is -0.348 e. The van der Waals surface area contributed by atoms with Gasteiger partial charge in [0.2, 0.25) is 0 Å². The number of carbonyl (C=O) groups excluding carboxylic acids is 1. The van der Waals surface area contributed by atoms with E-state index in [1.54, 1.807) is 0 Å². The first-order chi connectivity index (χ1) is 9.38. The van der Waals surface area contributed by atoms with Crippen molar-refractivity contribution >= 4 is 5.91 Å². The largest absolute Gasteiger partial charge is 0.417 e. The van der Waals surface area contributed by atoms with E-state index in [4.69, 9.17) is 0 Å². The Kier molecular flexibility index (Phi) is 4.32. The third-order valence-electron chi connectivity index (χ3n) is 3.47. The van der Waals surface area contributed by atoms with Crippen LogP contribution in [0, 0.1) is 0 Å². The second kappa shape index (κ2) is 5.83. The fourth-order valence-corrected chi connectivity index (χ4v) is 2.31. The molecule has 1 aromatic rings. The van der Waals surface area contributed by atoms with Gasteiger partial charge in [-0.3, -0.25) is 4.79 Å². The quantitative estimate of drug-likeness (QED) is 0.877. The van der Waals surface area contributed by atoms with Crippen molar-refractivity contribution in [2.45, 2.75) is 38.0 Å². The van der Waals surface area contributed by atoms with Crippen LogP contribution in [0.1, 0.15) is 35.7 Å². The van der Waals surface area contributed by atoms with Crippen LogP contribution in [0.3, 0.4) is 0 Å². The first-order valence-electron chi connectivity index (χ1n) is 6.58. The molecule has 3 nitrogen and oxygen atoms in total. The monoisotopic (exact) mass is 286 g/mol. The van der Waals surface area contributed by atoms with Crippen molar-refractivity contribution in [2.24, 2.45) is 0 Å². The van der Waals surface area contributed by atoms with E-state index in [-0.39, 0.29) is 11.6 Å². The van der Waals surface area contributed by atoms with E-state index in [0.717, 1.165) is 18.9 Å². The molecule has 20 heavy (non-hydrogen) atoms. The van der Waals surface area contributed by atoms with Gasteiger partial charge in [0.25, 0.3) is 5.91 Å². The molecule has 1 aliphatic heterocycles. The minimum absolute atomic E-state index is 0.125. The lowest BCUT2D eigenvalue weighted by atomic mass is 10.0. The van der Waals surface area contributed by atoms with Crippen molar-refractivity contribution in [3.63, 3.8) is 0 Å². The van der Waals surface area contributed by atoms with Gasteiger partial charge in [-0.15, -0.1) is 0 Å². The van der Waals surface area contributed by atoms with Crippen molar-refractivity contribution in [1.29, 1.82) is 0 Å². The Morgan fingerprint density at radius 3 is 2.60 bits per heavy atom. The number of rotatable bonds is 2. The van der Waals surface area contributed by atoms with Gasteiger partial charge in [-0.2, -0.15) is 13.2 Å². The number of nitrogens with one attached hydrogen (secondary N) is 2. The third kappa shape index (κ3) is 3.50. The topological polar surface area (TPSA) is 41.1 Å². The van der Waals surface area contributed by atoms with Crippen LogP contribution in [0.4, 0.5) is 13.2 Å². The summed E-state index contributed by atoms with van der Waals surface area (Å²) in [6, 6.07) is 5.10. The van der Waals surface area contributed by atoms with Gasteiger partial charge in [0.05, 0.1) is 11.1 Å². The highest BCUT2D eigenvalue weighted by Crippen LogP contribution is 2.31. The minimum atomic E-state index is -4.52. The molecule has 0 bridgehead atoms. The summed E-state index contributed by atoms with van der Waals surface area (Å²) >= 11 is 0. The molecule has 1 aliphatic rings. The van der Waals surface area contributed by atoms with Gasteiger partial charge in [-0.25, -0.2) is 0 Å². The Balaban J connectivity index is 2.10. The number of hydrogen-bond donors (Lipinski definition) is 2. The smallest absolute Gasteiger partial charge is 0.348 e. The van der Waals surface area contributed by atoms with Crippen LogP contribution in [0.25, 0.3) is 0 Å². The second-order valence-electron chi connectivity index (χ2n) is 5.10. The van der Waals surface area contributed by atoms with Gasteiger partial charge in [0.1, 0.15) is 0 Å². The average molecular weight is 286 g/mol. The molecule has 2 rings (SSSR count). The number of halogens is 3. The number of piperidine rings is 1. The van der Waals surface area contributed by atoms with Gasteiger partial charge < -0.3 is 10.6 Å². The molecule has 1 amide bonds. The molecule has 0 aromatic heterocycles. The summed E-state index contributed by atoms with van der Waals surface area (Å²) in [6.07, 6.45) is -2.85. The van der Waals surface area contributed by atoms with Crippen LogP contribution in [0.5, 0.6) is 0 Å². The summed E-state index contributed by atoms with van der Waals surface area (Å²) in [5, 5.41) is 5.86. The van der Waals surface area contributed by atoms with Crippen LogP contribution in [-0.4, -0.2) is 24.5 Å². The Bertz CT molecular complexity index is 480. The molecule has 2 atom stereocenters. The lowest BCUT2D eigenvalue weighted by molar-refractivity contribution is -0.137. The highest BCUT2D eigenvalue weighted by atomic mass is 19.4. The van der Waals surface area contributed by atoms with Crippen LogP contribution >= 0.6 is 0 Å². The zero-order valence-electron chi connectivity index (χ0n) is 11.1. The van der Waals surface area contributed by atoms with Gasteiger partial charge in [-0.05, 0) is 31.9 Å². The van der Waals surface area contributed by atoms with Crippen LogP contribution < -0.4 is 10.6 Å². The molecule has 2 N–H and O–H groups in total. The van der Waals surface area contributed by atoms with Gasteiger partial charge in [0.15, 0.2) is 0 Å². The molecule has 2 unspecified atom stereocenters. The molecule has 1 fully saturated rings. The van der Waals surface area contributed by atoms with Crippen LogP contribution in [0.15, 0.2) is 24.3 Å². The Labute approximate surface area is 115 Å². The maximum absolute atomic E-state index is 12.8. The summed E-state index contributed by atoms with van der Waals surface area (Å²) in [4.78, 5) is 12.0. The summed E-state index contributed by atoms with van der Waals surface area (Å²) < 4.78 is 38.5. The number of benzene rings is 1. The van der Waals surface area contributed by atoms with Crippen molar-refractivity contribution in [3.05, 3.63) is 35.4 Å². The van der Waals surface area contributed by atoms with Crippen molar-refractivity contribution in [3.8, 4) is 0 Å². The molecule has 1 aromatic carbocycles. The normalized spacial score (nSPS) is 23.4. The molecular weight excluding hydrogens is 269 g/mol. The first-order valence-corrected chi connectivity index (χ1v) is 6.58. The molecule has 0 saturated carbocycles. The lowest BCUT2D eigenvalue weighted by Gasteiger charge is -2.28. The fraction of sp³-hybridized carbons (Fsp3) is 0.500. The molecule has 1 saturated heterocycles. The average Bonchev–Trinajstić information content (AvgIpc) is 2.40. The van der Waals surface area contributed by atoms with Crippen LogP contribution in [0.2, 0.25) is 0 Å². The zero-order chi connectivity index (χ0) is 14.8. The number of carbonyl (C=O) groups is 1. The van der Waals surface area contributed by atoms with Gasteiger partial charge in [0, 0.05) is 18.6 Å². The predicted molar refractivity (Wildman–Crippen MR) is 69.4 cm³/mol. The van der Waals surface area contributed by atoms with E-state index in [0.29, 0.717) is 12.6 Å². The maximum Gasteiger partial charge on any atom is 0.417 e. The fourth-order valence-electron chi connectivity index (χ4n) is 2.31. The van der Waals surface area contributed by atoms with Crippen molar-refractivity contribution in [1.82, 2.24) is 10.6 Å². The third-order valence-corrected chi connectivity index (χ3v) is 3.47. The SMILES string of the molecule is CC1CCC(NC(=O)c2ccccc2C(F)(F)F)CN1. The lowest BCUT2D eigenvalue weighted by Crippen LogP contribution is -2.48. The highest BCUT2D eigenvalue weighted by Gasteiger charge is 2.35. The molecule has 0 radical (unpaired) electrons. The van der Waals surface area contributed by atoms with E-state index in [1.165, 1.54) is 18.2 Å². The Morgan fingerprint density at radius 2 is 2.00 bits per heavy atom. The van der Waals surface area contributed by atoms with Crippen molar-refractivity contribution < 1.29 is 18.0 Å². The standard InChI is InChI=1S/C14H17F3N2O/c1-9-6-7-10(8-18-9)19-13(20)11-4-2-3-5-12(11)14(15,16)17/h2-5,9-10,18H,6-8H2,1H3,(H,19,20). The van der Waals surface area contributed by atoms with E-state index < -0.39 is 17.6 Å². The van der Waals surface area contributed by atoms with Gasteiger partial charge in [-0.1, -0.05) is 12.1 Å². The van der Waals surface area contributed by atoms with E-state index in [9.17, 15) is 18.0 Å². The maximum atomic E-state index is 12.8. The molecule has 0 aliphatic carbocycles. The summed E-state index contributed by atoms with van der Waals surface area (Å²) in [6.45, 7) is 2.62. The predicted octanol–water partition coefficient (Wildman–Crippen LogP) is 2.58. The molecular formula is C14H17F3N2O. The number of amides is 1. The first kappa shape index (κ1) is 14.8. The van der Waals surface area contributed by atoms with Gasteiger partial charge >= 0.3 is 6.18 Å². The van der Waals surface area contributed by atoms with Crippen molar-refractivity contribution in [2.75, 3.05) is 6.54 Å². The zero-order valence-corrected chi connectivity index (χ0v) is 11.1.